The van der Waals surface area contributed by atoms with E-state index < -0.39 is 47.3 Å². The summed E-state index contributed by atoms with van der Waals surface area (Å²) in [5.74, 6) is -3.21. The molecule has 0 aliphatic carbocycles. The fourth-order valence-corrected chi connectivity index (χ4v) is 3.29. The van der Waals surface area contributed by atoms with E-state index in [1.165, 1.54) is 0 Å². The molecular weight excluding hydrogens is 429 g/mol. The molecule has 2 aromatic rings. The van der Waals surface area contributed by atoms with Crippen LogP contribution in [0, 0.1) is 5.41 Å². The molecule has 0 unspecified atom stereocenters. The Kier molecular flexibility index (Phi) is 5.57. The van der Waals surface area contributed by atoms with Gasteiger partial charge in [0.05, 0.1) is 28.3 Å². The molecule has 3 N–H and O–H groups in total. The molecule has 1 aliphatic rings. The van der Waals surface area contributed by atoms with Gasteiger partial charge in [0, 0.05) is 19.3 Å². The first-order valence-electron chi connectivity index (χ1n) is 8.43. The molecule has 1 aromatic heterocycles. The molecule has 1 aliphatic heterocycles. The smallest absolute Gasteiger partial charge is 0.417 e. The third-order valence-electron chi connectivity index (χ3n) is 4.45. The van der Waals surface area contributed by atoms with E-state index in [1.807, 2.05) is 0 Å². The molecule has 0 bridgehead atoms. The molecule has 158 valence electrons. The van der Waals surface area contributed by atoms with Gasteiger partial charge in [0.25, 0.3) is 0 Å². The van der Waals surface area contributed by atoms with E-state index in [4.69, 9.17) is 22.1 Å². The summed E-state index contributed by atoms with van der Waals surface area (Å²) < 4.78 is 39.9. The summed E-state index contributed by atoms with van der Waals surface area (Å²) in [5, 5.41) is 27.0. The number of rotatable bonds is 3. The predicted molar refractivity (Wildman–Crippen MR) is 100 cm³/mol. The van der Waals surface area contributed by atoms with E-state index in [1.54, 1.807) is 0 Å². The van der Waals surface area contributed by atoms with Gasteiger partial charge in [0.15, 0.2) is 5.82 Å². The third kappa shape index (κ3) is 4.01. The lowest BCUT2D eigenvalue weighted by Crippen LogP contribution is -2.53. The number of halogens is 4. The maximum absolute atomic E-state index is 13.3. The van der Waals surface area contributed by atoms with Gasteiger partial charge in [-0.2, -0.15) is 13.2 Å². The van der Waals surface area contributed by atoms with Crippen molar-refractivity contribution in [3.63, 3.8) is 0 Å². The number of carboxylic acids is 1. The summed E-state index contributed by atoms with van der Waals surface area (Å²) in [6.45, 7) is -0.548. The zero-order valence-corrected chi connectivity index (χ0v) is 15.8. The first-order chi connectivity index (χ1) is 14.0. The van der Waals surface area contributed by atoms with E-state index in [-0.39, 0.29) is 29.5 Å². The number of phenolic OH excluding ortho intramolecular Hbond substituents is 1. The Morgan fingerprint density at radius 3 is 2.53 bits per heavy atom. The van der Waals surface area contributed by atoms with Gasteiger partial charge >= 0.3 is 12.1 Å². The van der Waals surface area contributed by atoms with Gasteiger partial charge in [-0.3, -0.25) is 15.1 Å². The number of amides is 1. The number of carbonyl (C=O) groups excluding carboxylic acids is 1. The Hall–Kier alpha value is -3.34. The van der Waals surface area contributed by atoms with E-state index in [9.17, 15) is 27.9 Å². The van der Waals surface area contributed by atoms with Crippen molar-refractivity contribution >= 4 is 35.1 Å². The van der Waals surface area contributed by atoms with Crippen LogP contribution in [0.5, 0.6) is 5.75 Å². The van der Waals surface area contributed by atoms with Crippen molar-refractivity contribution in [2.45, 2.75) is 6.18 Å². The molecule has 0 atom stereocenters. The number of aromatic hydroxyl groups is 1. The number of amidine groups is 1. The molecule has 0 saturated carbocycles. The molecule has 1 amide bonds. The second kappa shape index (κ2) is 7.82. The van der Waals surface area contributed by atoms with Crippen LogP contribution < -0.4 is 4.90 Å². The lowest BCUT2D eigenvalue weighted by atomic mass is 10.0. The van der Waals surface area contributed by atoms with Crippen molar-refractivity contribution < 1.29 is 33.0 Å². The molecule has 30 heavy (non-hydrogen) atoms. The zero-order chi connectivity index (χ0) is 22.2. The third-order valence-corrected chi connectivity index (χ3v) is 4.72. The molecule has 3 rings (SSSR count). The molecule has 12 heteroatoms. The number of carboxylic acid groups (broad SMARTS) is 1. The number of nitrogens with one attached hydrogen (secondary N) is 1. The fourth-order valence-electron chi connectivity index (χ4n) is 3.02. The SMILES string of the molecule is N=C(c1c(O)cccc1C(F)(F)F)N1CCN(c2ncc(C(=O)O)cc2Cl)C(=O)C1. The van der Waals surface area contributed by atoms with Crippen molar-refractivity contribution in [3.8, 4) is 5.75 Å². The molecule has 1 aromatic carbocycles. The maximum Gasteiger partial charge on any atom is 0.417 e. The number of benzene rings is 1. The van der Waals surface area contributed by atoms with Crippen LogP contribution in [0.1, 0.15) is 21.5 Å². The van der Waals surface area contributed by atoms with Crippen LogP contribution >= 0.6 is 11.6 Å². The van der Waals surface area contributed by atoms with E-state index in [2.05, 4.69) is 4.98 Å². The maximum atomic E-state index is 13.3. The number of piperazine rings is 1. The van der Waals surface area contributed by atoms with Crippen LogP contribution in [0.3, 0.4) is 0 Å². The Morgan fingerprint density at radius 1 is 1.27 bits per heavy atom. The van der Waals surface area contributed by atoms with Crippen LogP contribution in [-0.2, 0) is 11.0 Å². The van der Waals surface area contributed by atoms with Crippen LogP contribution in [0.15, 0.2) is 30.5 Å². The zero-order valence-electron chi connectivity index (χ0n) is 15.1. The minimum absolute atomic E-state index is 0.0105. The van der Waals surface area contributed by atoms with Crippen LogP contribution in [0.25, 0.3) is 0 Å². The first kappa shape index (κ1) is 21.4. The summed E-state index contributed by atoms with van der Waals surface area (Å²) in [7, 11) is 0. The normalized spacial score (nSPS) is 14.7. The summed E-state index contributed by atoms with van der Waals surface area (Å²) in [5.41, 5.74) is -2.07. The Balaban J connectivity index is 1.84. The van der Waals surface area contributed by atoms with Crippen molar-refractivity contribution in [1.29, 1.82) is 5.41 Å². The highest BCUT2D eigenvalue weighted by Gasteiger charge is 2.38. The van der Waals surface area contributed by atoms with Gasteiger partial charge in [0.2, 0.25) is 5.91 Å². The summed E-state index contributed by atoms with van der Waals surface area (Å²) in [6.07, 6.45) is -3.77. The van der Waals surface area contributed by atoms with E-state index in [0.29, 0.717) is 0 Å². The largest absolute Gasteiger partial charge is 0.507 e. The van der Waals surface area contributed by atoms with Gasteiger partial charge in [-0.15, -0.1) is 0 Å². The molecule has 0 radical (unpaired) electrons. The van der Waals surface area contributed by atoms with Crippen molar-refractivity contribution in [2.24, 2.45) is 0 Å². The summed E-state index contributed by atoms with van der Waals surface area (Å²) in [6, 6.07) is 3.93. The second-order valence-corrected chi connectivity index (χ2v) is 6.75. The monoisotopic (exact) mass is 442 g/mol. The van der Waals surface area contributed by atoms with Crippen molar-refractivity contribution in [3.05, 3.63) is 52.2 Å². The number of hydrogen-bond acceptors (Lipinski definition) is 5. The number of aromatic nitrogens is 1. The molecule has 2 heterocycles. The van der Waals surface area contributed by atoms with Gasteiger partial charge in [0.1, 0.15) is 11.6 Å². The van der Waals surface area contributed by atoms with E-state index >= 15 is 0 Å². The molecule has 0 spiro atoms. The van der Waals surface area contributed by atoms with Gasteiger partial charge < -0.3 is 15.1 Å². The predicted octanol–water partition coefficient (Wildman–Crippen LogP) is 2.83. The van der Waals surface area contributed by atoms with Crippen LogP contribution in [-0.4, -0.2) is 57.4 Å². The second-order valence-electron chi connectivity index (χ2n) is 6.35. The number of phenols is 1. The van der Waals surface area contributed by atoms with Crippen LogP contribution in [0.4, 0.5) is 19.0 Å². The van der Waals surface area contributed by atoms with Crippen molar-refractivity contribution in [1.82, 2.24) is 9.88 Å². The summed E-state index contributed by atoms with van der Waals surface area (Å²) in [4.78, 5) is 29.7. The van der Waals surface area contributed by atoms with Crippen LogP contribution in [0.2, 0.25) is 5.02 Å². The Morgan fingerprint density at radius 2 is 1.97 bits per heavy atom. The van der Waals surface area contributed by atoms with Gasteiger partial charge in [-0.1, -0.05) is 17.7 Å². The van der Waals surface area contributed by atoms with Gasteiger partial charge in [-0.05, 0) is 18.2 Å². The first-order valence-corrected chi connectivity index (χ1v) is 8.80. The molecular formula is C18H14ClF3N4O4. The topological polar surface area (TPSA) is 118 Å². The quantitative estimate of drug-likeness (QED) is 0.497. The summed E-state index contributed by atoms with van der Waals surface area (Å²) >= 11 is 6.03. The average molecular weight is 443 g/mol. The van der Waals surface area contributed by atoms with Gasteiger partial charge in [-0.25, -0.2) is 9.78 Å². The number of nitrogens with zero attached hydrogens (tertiary/aromatic N) is 3. The molecule has 8 nitrogen and oxygen atoms in total. The number of anilines is 1. The molecule has 1 fully saturated rings. The standard InChI is InChI=1S/C18H14ClF3N4O4/c19-11-6-9(17(29)30)7-24-16(11)26-5-4-25(8-13(26)28)15(23)14-10(18(20,21)22)2-1-3-12(14)27/h1-3,6-7,23,27H,4-5,8H2,(H,29,30). The van der Waals surface area contributed by atoms with Crippen molar-refractivity contribution in [2.75, 3.05) is 24.5 Å². The lowest BCUT2D eigenvalue weighted by molar-refractivity contribution is -0.137. The number of aromatic carboxylic acids is 1. The van der Waals surface area contributed by atoms with E-state index in [0.717, 1.165) is 40.3 Å². The highest BCUT2D eigenvalue weighted by molar-refractivity contribution is 6.33. The Bertz CT molecular complexity index is 1040. The number of hydrogen-bond donors (Lipinski definition) is 3. The lowest BCUT2D eigenvalue weighted by Gasteiger charge is -2.35. The number of pyridine rings is 1. The minimum Gasteiger partial charge on any atom is -0.507 e. The number of alkyl halides is 3. The Labute approximate surface area is 172 Å². The molecule has 1 saturated heterocycles. The highest BCUT2D eigenvalue weighted by atomic mass is 35.5. The fraction of sp³-hybridized carbons (Fsp3) is 0.222. The highest BCUT2D eigenvalue weighted by Crippen LogP contribution is 2.36. The average Bonchev–Trinajstić information content (AvgIpc) is 2.66. The number of carbonyl (C=O) groups is 2. The minimum atomic E-state index is -4.80.